The van der Waals surface area contributed by atoms with E-state index in [0.29, 0.717) is 33.9 Å². The van der Waals surface area contributed by atoms with Gasteiger partial charge < -0.3 is 14.8 Å². The first kappa shape index (κ1) is 24.1. The van der Waals surface area contributed by atoms with Crippen molar-refractivity contribution in [3.63, 3.8) is 0 Å². The molecule has 2 aromatic heterocycles. The second-order valence-electron chi connectivity index (χ2n) is 7.66. The molecule has 2 heterocycles. The number of hydrogen-bond acceptors (Lipinski definition) is 8. The summed E-state index contributed by atoms with van der Waals surface area (Å²) in [7, 11) is 0. The third kappa shape index (κ3) is 6.04. The molecular formula is C23H25N3O6S. The van der Waals surface area contributed by atoms with Crippen LogP contribution in [0.3, 0.4) is 0 Å². The summed E-state index contributed by atoms with van der Waals surface area (Å²) in [5.74, 6) is -1.55. The SMILES string of the molecule is CCOC(=O)c1c(CC(C)C)csc1NC(=O)COC(=O)Cn1c(=O)cnc2ccccc21. The number of fused-ring (bicyclic) bond motifs is 1. The Morgan fingerprint density at radius 3 is 2.67 bits per heavy atom. The lowest BCUT2D eigenvalue weighted by molar-refractivity contribution is -0.147. The fourth-order valence-corrected chi connectivity index (χ4v) is 4.24. The van der Waals surface area contributed by atoms with Crippen LogP contribution in [0.4, 0.5) is 5.00 Å². The molecule has 0 saturated heterocycles. The van der Waals surface area contributed by atoms with Crippen molar-refractivity contribution in [2.24, 2.45) is 5.92 Å². The average molecular weight is 472 g/mol. The molecule has 3 aromatic rings. The number of benzene rings is 1. The summed E-state index contributed by atoms with van der Waals surface area (Å²) in [4.78, 5) is 53.3. The number of hydrogen-bond donors (Lipinski definition) is 1. The monoisotopic (exact) mass is 471 g/mol. The minimum absolute atomic E-state index is 0.212. The van der Waals surface area contributed by atoms with Crippen molar-refractivity contribution in [3.8, 4) is 0 Å². The van der Waals surface area contributed by atoms with Gasteiger partial charge in [0.25, 0.3) is 11.5 Å². The first-order valence-electron chi connectivity index (χ1n) is 10.5. The van der Waals surface area contributed by atoms with Gasteiger partial charge in [-0.3, -0.25) is 19.0 Å². The molecule has 0 saturated carbocycles. The van der Waals surface area contributed by atoms with E-state index in [1.54, 1.807) is 31.2 Å². The number of para-hydroxylation sites is 2. The molecule has 0 bridgehead atoms. The van der Waals surface area contributed by atoms with E-state index >= 15 is 0 Å². The molecule has 3 rings (SSSR count). The summed E-state index contributed by atoms with van der Waals surface area (Å²) < 4.78 is 11.4. The number of anilines is 1. The number of nitrogens with zero attached hydrogens (tertiary/aromatic N) is 2. The van der Waals surface area contributed by atoms with E-state index < -0.39 is 30.0 Å². The maximum atomic E-state index is 12.4. The van der Waals surface area contributed by atoms with E-state index in [1.165, 1.54) is 15.9 Å². The van der Waals surface area contributed by atoms with Crippen LogP contribution in [0.5, 0.6) is 0 Å². The third-order valence-electron chi connectivity index (χ3n) is 4.63. The summed E-state index contributed by atoms with van der Waals surface area (Å²) >= 11 is 1.22. The van der Waals surface area contributed by atoms with Crippen LogP contribution in [0, 0.1) is 5.92 Å². The number of ether oxygens (including phenoxy) is 2. The highest BCUT2D eigenvalue weighted by atomic mass is 32.1. The summed E-state index contributed by atoms with van der Waals surface area (Å²) in [6, 6.07) is 6.90. The number of amides is 1. The van der Waals surface area contributed by atoms with Crippen LogP contribution in [0.1, 0.15) is 36.7 Å². The van der Waals surface area contributed by atoms with Crippen molar-refractivity contribution in [1.29, 1.82) is 0 Å². The first-order valence-corrected chi connectivity index (χ1v) is 11.4. The smallest absolute Gasteiger partial charge is 0.341 e. The van der Waals surface area contributed by atoms with Crippen molar-refractivity contribution >= 4 is 45.2 Å². The van der Waals surface area contributed by atoms with Gasteiger partial charge in [-0.15, -0.1) is 11.3 Å². The van der Waals surface area contributed by atoms with Crippen molar-refractivity contribution in [2.45, 2.75) is 33.7 Å². The highest BCUT2D eigenvalue weighted by Gasteiger charge is 2.22. The van der Waals surface area contributed by atoms with Crippen LogP contribution in [-0.2, 0) is 32.0 Å². The molecule has 0 radical (unpaired) electrons. The Kier molecular flexibility index (Phi) is 7.94. The lowest BCUT2D eigenvalue weighted by atomic mass is 10.0. The summed E-state index contributed by atoms with van der Waals surface area (Å²) in [5, 5.41) is 4.79. The van der Waals surface area contributed by atoms with Gasteiger partial charge in [-0.2, -0.15) is 0 Å². The van der Waals surface area contributed by atoms with Crippen molar-refractivity contribution in [3.05, 3.63) is 57.3 Å². The zero-order valence-electron chi connectivity index (χ0n) is 18.6. The van der Waals surface area contributed by atoms with Gasteiger partial charge in [0.05, 0.1) is 29.4 Å². The van der Waals surface area contributed by atoms with Gasteiger partial charge in [0.1, 0.15) is 11.5 Å². The number of aromatic nitrogens is 2. The summed E-state index contributed by atoms with van der Waals surface area (Å²) in [5.41, 5.74) is 1.71. The number of rotatable bonds is 9. The van der Waals surface area contributed by atoms with Crippen molar-refractivity contribution in [2.75, 3.05) is 18.5 Å². The molecule has 0 atom stereocenters. The number of nitrogens with one attached hydrogen (secondary N) is 1. The van der Waals surface area contributed by atoms with E-state index in [0.717, 1.165) is 11.8 Å². The molecule has 0 unspecified atom stereocenters. The van der Waals surface area contributed by atoms with Crippen LogP contribution in [0.25, 0.3) is 11.0 Å². The van der Waals surface area contributed by atoms with Gasteiger partial charge in [0.2, 0.25) is 0 Å². The molecule has 0 aliphatic rings. The number of carbonyl (C=O) groups excluding carboxylic acids is 3. The van der Waals surface area contributed by atoms with E-state index in [2.05, 4.69) is 10.3 Å². The Hall–Kier alpha value is -3.53. The average Bonchev–Trinajstić information content (AvgIpc) is 3.15. The van der Waals surface area contributed by atoms with Crippen LogP contribution in [-0.4, -0.2) is 40.6 Å². The quantitative estimate of drug-likeness (QED) is 0.477. The molecule has 0 fully saturated rings. The molecule has 33 heavy (non-hydrogen) atoms. The van der Waals surface area contributed by atoms with E-state index in [9.17, 15) is 19.2 Å². The highest BCUT2D eigenvalue weighted by molar-refractivity contribution is 7.15. The van der Waals surface area contributed by atoms with Crippen molar-refractivity contribution < 1.29 is 23.9 Å². The van der Waals surface area contributed by atoms with Crippen LogP contribution < -0.4 is 10.9 Å². The zero-order valence-corrected chi connectivity index (χ0v) is 19.4. The maximum absolute atomic E-state index is 12.4. The third-order valence-corrected chi connectivity index (χ3v) is 5.58. The lowest BCUT2D eigenvalue weighted by Crippen LogP contribution is -2.28. The lowest BCUT2D eigenvalue weighted by Gasteiger charge is -2.11. The molecule has 1 amide bonds. The van der Waals surface area contributed by atoms with E-state index in [4.69, 9.17) is 9.47 Å². The van der Waals surface area contributed by atoms with Gasteiger partial charge in [-0.05, 0) is 42.3 Å². The summed E-state index contributed by atoms with van der Waals surface area (Å²) in [6.45, 7) is 5.06. The Morgan fingerprint density at radius 2 is 1.94 bits per heavy atom. The van der Waals surface area contributed by atoms with E-state index in [1.807, 2.05) is 19.2 Å². The largest absolute Gasteiger partial charge is 0.462 e. The van der Waals surface area contributed by atoms with Gasteiger partial charge in [-0.25, -0.2) is 9.78 Å². The Morgan fingerprint density at radius 1 is 1.18 bits per heavy atom. The molecule has 1 N–H and O–H groups in total. The molecule has 1 aromatic carbocycles. The fourth-order valence-electron chi connectivity index (χ4n) is 3.26. The molecule has 10 heteroatoms. The molecule has 0 aliphatic carbocycles. The number of esters is 2. The second kappa shape index (κ2) is 10.9. The molecule has 0 spiro atoms. The van der Waals surface area contributed by atoms with Crippen molar-refractivity contribution in [1.82, 2.24) is 9.55 Å². The predicted octanol–water partition coefficient (Wildman–Crippen LogP) is 3.02. The Balaban J connectivity index is 1.66. The minimum atomic E-state index is -0.749. The van der Waals surface area contributed by atoms with Crippen LogP contribution >= 0.6 is 11.3 Å². The fraction of sp³-hybridized carbons (Fsp3) is 0.348. The van der Waals surface area contributed by atoms with Gasteiger partial charge in [0.15, 0.2) is 6.61 Å². The number of carbonyl (C=O) groups is 3. The molecule has 174 valence electrons. The van der Waals surface area contributed by atoms with Gasteiger partial charge >= 0.3 is 11.9 Å². The second-order valence-corrected chi connectivity index (χ2v) is 8.54. The Bertz CT molecular complexity index is 1230. The first-order chi connectivity index (χ1) is 15.8. The Labute approximate surface area is 194 Å². The summed E-state index contributed by atoms with van der Waals surface area (Å²) in [6.07, 6.45) is 1.79. The number of thiophene rings is 1. The van der Waals surface area contributed by atoms with Crippen LogP contribution in [0.2, 0.25) is 0 Å². The zero-order chi connectivity index (χ0) is 24.0. The predicted molar refractivity (Wildman–Crippen MR) is 124 cm³/mol. The topological polar surface area (TPSA) is 117 Å². The molecular weight excluding hydrogens is 446 g/mol. The van der Waals surface area contributed by atoms with Gasteiger partial charge in [0, 0.05) is 0 Å². The molecule has 0 aliphatic heterocycles. The minimum Gasteiger partial charge on any atom is -0.462 e. The molecule has 9 nitrogen and oxygen atoms in total. The maximum Gasteiger partial charge on any atom is 0.341 e. The van der Waals surface area contributed by atoms with E-state index in [-0.39, 0.29) is 13.2 Å². The van der Waals surface area contributed by atoms with Crippen LogP contribution in [0.15, 0.2) is 40.6 Å². The standard InChI is InChI=1S/C23H25N3O6S/c1-4-31-23(30)21-15(9-14(2)3)13-33-22(21)25-18(27)12-32-20(29)11-26-17-8-6-5-7-16(17)24-10-19(26)28/h5-8,10,13-14H,4,9,11-12H2,1-3H3,(H,25,27). The highest BCUT2D eigenvalue weighted by Crippen LogP contribution is 2.31. The van der Waals surface area contributed by atoms with Gasteiger partial charge in [-0.1, -0.05) is 26.0 Å². The normalized spacial score (nSPS) is 10.9.